The predicted octanol–water partition coefficient (Wildman–Crippen LogP) is 4.34. The summed E-state index contributed by atoms with van der Waals surface area (Å²) in [7, 11) is 2.50. The maximum Gasteiger partial charge on any atom is 0.416 e. The van der Waals surface area contributed by atoms with E-state index in [9.17, 15) is 37.8 Å². The molecule has 39 heavy (non-hydrogen) atoms. The first-order valence-electron chi connectivity index (χ1n) is 11.4. The summed E-state index contributed by atoms with van der Waals surface area (Å²) in [6, 6.07) is 13.2. The van der Waals surface area contributed by atoms with Crippen molar-refractivity contribution in [2.75, 3.05) is 26.1 Å². The number of aliphatic carboxylic acids is 1. The van der Waals surface area contributed by atoms with Crippen LogP contribution in [0.15, 0.2) is 60.7 Å². The number of aromatic hydroxyl groups is 1. The van der Waals surface area contributed by atoms with Gasteiger partial charge in [-0.05, 0) is 47.5 Å². The van der Waals surface area contributed by atoms with Crippen molar-refractivity contribution in [2.24, 2.45) is 0 Å². The number of methoxy groups -OCH3 is 2. The average Bonchev–Trinajstić information content (AvgIpc) is 2.88. The van der Waals surface area contributed by atoms with Crippen LogP contribution in [0.1, 0.15) is 27.0 Å². The molecular formula is C27H25F3N2O7. The molecule has 2 amide bonds. The zero-order valence-electron chi connectivity index (χ0n) is 20.9. The molecule has 206 valence electrons. The van der Waals surface area contributed by atoms with Gasteiger partial charge >= 0.3 is 12.1 Å². The number of hydrogen-bond donors (Lipinski definition) is 3. The highest BCUT2D eigenvalue weighted by Crippen LogP contribution is 2.35. The van der Waals surface area contributed by atoms with E-state index in [4.69, 9.17) is 9.47 Å². The van der Waals surface area contributed by atoms with Crippen LogP contribution in [0.25, 0.3) is 0 Å². The van der Waals surface area contributed by atoms with Crippen molar-refractivity contribution in [2.45, 2.75) is 19.1 Å². The van der Waals surface area contributed by atoms with Gasteiger partial charge in [0.25, 0.3) is 5.91 Å². The summed E-state index contributed by atoms with van der Waals surface area (Å²) in [5, 5.41) is 21.2. The van der Waals surface area contributed by atoms with Gasteiger partial charge in [-0.3, -0.25) is 14.4 Å². The van der Waals surface area contributed by atoms with Crippen molar-refractivity contribution >= 4 is 23.5 Å². The molecule has 0 aliphatic heterocycles. The topological polar surface area (TPSA) is 125 Å². The molecule has 0 aliphatic carbocycles. The number of halogens is 3. The number of nitrogens with one attached hydrogen (secondary N) is 1. The Labute approximate surface area is 221 Å². The van der Waals surface area contributed by atoms with Crippen molar-refractivity contribution in [3.8, 4) is 17.2 Å². The standard InChI is InChI=1S/C27H25F3N2O7/c1-38-20-9-5-17(22(13-20)27(28,29)30)11-24(34)31-18-6-10-21(23(12-18)39-2)26(37)32(15-25(35)36)14-16-3-7-19(33)8-4-16/h3-10,12-13,33H,11,14-15H2,1-2H3,(H,31,34)(H,35,36). The van der Waals surface area contributed by atoms with E-state index >= 15 is 0 Å². The molecule has 0 saturated heterocycles. The Balaban J connectivity index is 1.80. The predicted molar refractivity (Wildman–Crippen MR) is 134 cm³/mol. The number of carbonyl (C=O) groups excluding carboxylic acids is 2. The van der Waals surface area contributed by atoms with Gasteiger partial charge in [-0.15, -0.1) is 0 Å². The Morgan fingerprint density at radius 2 is 1.64 bits per heavy atom. The van der Waals surface area contributed by atoms with Gasteiger partial charge in [0, 0.05) is 18.3 Å². The van der Waals surface area contributed by atoms with Gasteiger partial charge in [-0.1, -0.05) is 18.2 Å². The molecule has 3 aromatic carbocycles. The van der Waals surface area contributed by atoms with Crippen LogP contribution in [-0.2, 0) is 28.7 Å². The summed E-state index contributed by atoms with van der Waals surface area (Å²) in [4.78, 5) is 38.3. The molecule has 0 unspecified atom stereocenters. The Morgan fingerprint density at radius 3 is 2.23 bits per heavy atom. The molecule has 0 spiro atoms. The van der Waals surface area contributed by atoms with E-state index in [0.717, 1.165) is 17.0 Å². The minimum absolute atomic E-state index is 0.00108. The molecule has 0 saturated carbocycles. The number of benzene rings is 3. The van der Waals surface area contributed by atoms with Gasteiger partial charge in [0.1, 0.15) is 23.8 Å². The summed E-state index contributed by atoms with van der Waals surface area (Å²) in [5.74, 6) is -2.64. The van der Waals surface area contributed by atoms with E-state index in [-0.39, 0.29) is 40.6 Å². The number of nitrogens with zero attached hydrogens (tertiary/aromatic N) is 1. The molecule has 3 rings (SSSR count). The number of phenolic OH excluding ortho intramolecular Hbond substituents is 1. The maximum atomic E-state index is 13.5. The lowest BCUT2D eigenvalue weighted by Crippen LogP contribution is -2.35. The van der Waals surface area contributed by atoms with E-state index in [1.165, 1.54) is 50.6 Å². The number of anilines is 1. The van der Waals surface area contributed by atoms with Crippen molar-refractivity contribution in [3.05, 3.63) is 82.9 Å². The van der Waals surface area contributed by atoms with E-state index in [1.54, 1.807) is 12.1 Å². The largest absolute Gasteiger partial charge is 0.508 e. The monoisotopic (exact) mass is 546 g/mol. The minimum Gasteiger partial charge on any atom is -0.508 e. The van der Waals surface area contributed by atoms with E-state index < -0.39 is 42.5 Å². The van der Waals surface area contributed by atoms with Crippen molar-refractivity contribution in [1.82, 2.24) is 4.90 Å². The Hall–Kier alpha value is -4.74. The Morgan fingerprint density at radius 1 is 0.949 bits per heavy atom. The fourth-order valence-corrected chi connectivity index (χ4v) is 3.78. The highest BCUT2D eigenvalue weighted by Gasteiger charge is 2.34. The number of hydrogen-bond acceptors (Lipinski definition) is 6. The number of carbonyl (C=O) groups is 3. The zero-order valence-corrected chi connectivity index (χ0v) is 20.9. The SMILES string of the molecule is COc1ccc(CC(=O)Nc2ccc(C(=O)N(CC(=O)O)Cc3ccc(O)cc3)c(OC)c2)c(C(F)(F)F)c1. The Bertz CT molecular complexity index is 1360. The lowest BCUT2D eigenvalue weighted by molar-refractivity contribution is -0.139. The molecule has 0 heterocycles. The van der Waals surface area contributed by atoms with E-state index in [2.05, 4.69) is 5.32 Å². The number of phenols is 1. The molecule has 12 heteroatoms. The highest BCUT2D eigenvalue weighted by molar-refractivity contribution is 6.00. The van der Waals surface area contributed by atoms with Crippen LogP contribution in [0, 0.1) is 0 Å². The first kappa shape index (κ1) is 28.8. The normalized spacial score (nSPS) is 11.0. The van der Waals surface area contributed by atoms with Gasteiger partial charge in [0.15, 0.2) is 0 Å². The average molecular weight is 546 g/mol. The molecule has 0 aromatic heterocycles. The third kappa shape index (κ3) is 7.63. The third-order valence-corrected chi connectivity index (χ3v) is 5.61. The summed E-state index contributed by atoms with van der Waals surface area (Å²) >= 11 is 0. The smallest absolute Gasteiger partial charge is 0.416 e. The molecule has 0 radical (unpaired) electrons. The van der Waals surface area contributed by atoms with Crippen LogP contribution in [0.3, 0.4) is 0 Å². The number of amides is 2. The maximum absolute atomic E-state index is 13.5. The van der Waals surface area contributed by atoms with E-state index in [0.29, 0.717) is 5.56 Å². The van der Waals surface area contributed by atoms with Gasteiger partial charge in [-0.25, -0.2) is 0 Å². The highest BCUT2D eigenvalue weighted by atomic mass is 19.4. The molecule has 0 bridgehead atoms. The summed E-state index contributed by atoms with van der Waals surface area (Å²) in [6.45, 7) is -0.693. The molecule has 3 N–H and O–H groups in total. The molecular weight excluding hydrogens is 521 g/mol. The molecule has 9 nitrogen and oxygen atoms in total. The van der Waals surface area contributed by atoms with Crippen LogP contribution < -0.4 is 14.8 Å². The van der Waals surface area contributed by atoms with Gasteiger partial charge in [0.2, 0.25) is 5.91 Å². The quantitative estimate of drug-likeness (QED) is 0.346. The second-order valence-corrected chi connectivity index (χ2v) is 8.38. The molecule has 3 aromatic rings. The van der Waals surface area contributed by atoms with Gasteiger partial charge in [-0.2, -0.15) is 13.2 Å². The number of alkyl halides is 3. The molecule has 0 aliphatic rings. The van der Waals surface area contributed by atoms with Crippen LogP contribution in [-0.4, -0.2) is 53.7 Å². The molecule has 0 fully saturated rings. The minimum atomic E-state index is -4.70. The molecule has 0 atom stereocenters. The van der Waals surface area contributed by atoms with Crippen molar-refractivity contribution in [1.29, 1.82) is 0 Å². The van der Waals surface area contributed by atoms with Gasteiger partial charge in [0.05, 0.1) is 31.8 Å². The second-order valence-electron chi connectivity index (χ2n) is 8.38. The number of rotatable bonds is 10. The fraction of sp³-hybridized carbons (Fsp3) is 0.222. The Kier molecular flexibility index (Phi) is 9.02. The summed E-state index contributed by atoms with van der Waals surface area (Å²) < 4.78 is 50.5. The summed E-state index contributed by atoms with van der Waals surface area (Å²) in [5.41, 5.74) is -0.522. The second kappa shape index (κ2) is 12.2. The number of carboxylic acids is 1. The van der Waals surface area contributed by atoms with Crippen LogP contribution in [0.2, 0.25) is 0 Å². The zero-order chi connectivity index (χ0) is 28.7. The lowest BCUT2D eigenvalue weighted by Gasteiger charge is -2.22. The van der Waals surface area contributed by atoms with Crippen LogP contribution in [0.5, 0.6) is 17.2 Å². The van der Waals surface area contributed by atoms with Gasteiger partial charge < -0.3 is 29.9 Å². The first-order chi connectivity index (χ1) is 18.4. The van der Waals surface area contributed by atoms with Crippen LogP contribution in [0.4, 0.5) is 18.9 Å². The fourth-order valence-electron chi connectivity index (χ4n) is 3.78. The van der Waals surface area contributed by atoms with Crippen molar-refractivity contribution < 1.29 is 47.2 Å². The number of ether oxygens (including phenoxy) is 2. The van der Waals surface area contributed by atoms with Crippen molar-refractivity contribution in [3.63, 3.8) is 0 Å². The third-order valence-electron chi connectivity index (χ3n) is 5.61. The van der Waals surface area contributed by atoms with Crippen LogP contribution >= 0.6 is 0 Å². The summed E-state index contributed by atoms with van der Waals surface area (Å²) in [6.07, 6.45) is -5.28. The number of carboxylic acid groups (broad SMARTS) is 1. The van der Waals surface area contributed by atoms with E-state index in [1.807, 2.05) is 0 Å². The first-order valence-corrected chi connectivity index (χ1v) is 11.4. The lowest BCUT2D eigenvalue weighted by atomic mass is 10.0.